The largest absolute Gasteiger partial charge is 0.361 e. The number of fused-ring (bicyclic) bond motifs is 1. The Morgan fingerprint density at radius 3 is 2.77 bits per heavy atom. The van der Waals surface area contributed by atoms with Crippen LogP contribution in [0.3, 0.4) is 0 Å². The molecule has 0 bridgehead atoms. The van der Waals surface area contributed by atoms with Crippen molar-refractivity contribution in [3.63, 3.8) is 0 Å². The van der Waals surface area contributed by atoms with Gasteiger partial charge in [-0.25, -0.2) is 9.50 Å². The number of carbonyl (C=O) groups is 1. The lowest BCUT2D eigenvalue weighted by Gasteiger charge is -2.31. The van der Waals surface area contributed by atoms with E-state index in [1.54, 1.807) is 10.7 Å². The minimum absolute atomic E-state index is 0.0325. The topological polar surface area (TPSA) is 76.5 Å². The molecule has 1 fully saturated rings. The molecule has 0 spiro atoms. The number of likely N-dealkylation sites (tertiary alicyclic amines) is 1. The molecule has 0 atom stereocenters. The van der Waals surface area contributed by atoms with Crippen LogP contribution in [0.1, 0.15) is 66.0 Å². The second kappa shape index (κ2) is 6.55. The lowest BCUT2D eigenvalue weighted by atomic mass is 9.92. The quantitative estimate of drug-likeness (QED) is 0.723. The highest BCUT2D eigenvalue weighted by Crippen LogP contribution is 2.29. The highest BCUT2D eigenvalue weighted by molar-refractivity contribution is 5.96. The molecule has 7 heteroatoms. The van der Waals surface area contributed by atoms with Crippen molar-refractivity contribution in [3.05, 3.63) is 47.2 Å². The maximum Gasteiger partial charge on any atom is 0.259 e. The summed E-state index contributed by atoms with van der Waals surface area (Å²) >= 11 is 0. The van der Waals surface area contributed by atoms with Crippen molar-refractivity contribution in [2.75, 3.05) is 13.1 Å². The third-order valence-corrected chi connectivity index (χ3v) is 5.13. The molecule has 4 rings (SSSR count). The molecule has 0 N–H and O–H groups in total. The standard InChI is InChI=1S/C19H23N5O2/c1-12(2)18-17(13(3)26-22-18)19(25)23-9-5-14(6-10-23)15-7-11-24-16(21-15)4-8-20-24/h4,7-8,11-12,14H,5-6,9-10H2,1-3H3. The van der Waals surface area contributed by atoms with Crippen LogP contribution in [-0.4, -0.2) is 43.7 Å². The lowest BCUT2D eigenvalue weighted by molar-refractivity contribution is 0.0709. The first-order valence-corrected chi connectivity index (χ1v) is 9.10. The summed E-state index contributed by atoms with van der Waals surface area (Å²) in [6.07, 6.45) is 5.51. The van der Waals surface area contributed by atoms with Crippen molar-refractivity contribution >= 4 is 11.6 Å². The van der Waals surface area contributed by atoms with Crippen LogP contribution in [0.5, 0.6) is 0 Å². The number of aromatic nitrogens is 4. The van der Waals surface area contributed by atoms with Crippen LogP contribution in [0.2, 0.25) is 0 Å². The van der Waals surface area contributed by atoms with Gasteiger partial charge >= 0.3 is 0 Å². The first-order valence-electron chi connectivity index (χ1n) is 9.10. The molecule has 1 aliphatic heterocycles. The third-order valence-electron chi connectivity index (χ3n) is 5.13. The monoisotopic (exact) mass is 353 g/mol. The molecular weight excluding hydrogens is 330 g/mol. The Hall–Kier alpha value is -2.70. The van der Waals surface area contributed by atoms with Gasteiger partial charge in [0.25, 0.3) is 5.91 Å². The van der Waals surface area contributed by atoms with Crippen LogP contribution in [0.4, 0.5) is 0 Å². The van der Waals surface area contributed by atoms with Gasteiger partial charge in [0.05, 0.1) is 11.9 Å². The number of amides is 1. The fourth-order valence-electron chi connectivity index (χ4n) is 3.63. The fourth-order valence-corrected chi connectivity index (χ4v) is 3.63. The van der Waals surface area contributed by atoms with Gasteiger partial charge in [0.15, 0.2) is 5.65 Å². The third kappa shape index (κ3) is 2.87. The van der Waals surface area contributed by atoms with Gasteiger partial charge in [-0.2, -0.15) is 5.10 Å². The zero-order valence-electron chi connectivity index (χ0n) is 15.3. The van der Waals surface area contributed by atoms with E-state index < -0.39 is 0 Å². The van der Waals surface area contributed by atoms with Gasteiger partial charge in [0.1, 0.15) is 11.3 Å². The number of hydrogen-bond acceptors (Lipinski definition) is 5. The Morgan fingerprint density at radius 1 is 1.27 bits per heavy atom. The van der Waals surface area contributed by atoms with E-state index in [0.29, 0.717) is 17.2 Å². The van der Waals surface area contributed by atoms with E-state index >= 15 is 0 Å². The first kappa shape index (κ1) is 16.8. The first-order chi connectivity index (χ1) is 12.5. The summed E-state index contributed by atoms with van der Waals surface area (Å²) in [5.74, 6) is 1.17. The van der Waals surface area contributed by atoms with E-state index in [2.05, 4.69) is 10.3 Å². The Labute approximate surface area is 152 Å². The summed E-state index contributed by atoms with van der Waals surface area (Å²) in [5, 5.41) is 8.26. The molecule has 26 heavy (non-hydrogen) atoms. The molecule has 0 aliphatic carbocycles. The van der Waals surface area contributed by atoms with E-state index in [9.17, 15) is 4.79 Å². The Bertz CT molecular complexity index is 934. The lowest BCUT2D eigenvalue weighted by Crippen LogP contribution is -2.38. The highest BCUT2D eigenvalue weighted by Gasteiger charge is 2.30. The van der Waals surface area contributed by atoms with Crippen LogP contribution in [0.15, 0.2) is 29.0 Å². The van der Waals surface area contributed by atoms with Gasteiger partial charge in [-0.15, -0.1) is 0 Å². The predicted octanol–water partition coefficient (Wildman–Crippen LogP) is 3.17. The molecule has 7 nitrogen and oxygen atoms in total. The molecule has 4 heterocycles. The molecule has 1 saturated heterocycles. The maximum atomic E-state index is 13.0. The Morgan fingerprint density at radius 2 is 2.04 bits per heavy atom. The zero-order chi connectivity index (χ0) is 18.3. The molecule has 0 aromatic carbocycles. The molecule has 1 amide bonds. The van der Waals surface area contributed by atoms with E-state index in [0.717, 1.165) is 43.0 Å². The van der Waals surface area contributed by atoms with E-state index in [4.69, 9.17) is 9.51 Å². The number of piperidine rings is 1. The van der Waals surface area contributed by atoms with Crippen LogP contribution in [0, 0.1) is 6.92 Å². The van der Waals surface area contributed by atoms with Crippen molar-refractivity contribution in [1.82, 2.24) is 24.7 Å². The molecule has 3 aromatic heterocycles. The molecule has 0 saturated carbocycles. The van der Waals surface area contributed by atoms with E-state index in [1.807, 2.05) is 44.0 Å². The van der Waals surface area contributed by atoms with Gasteiger partial charge in [-0.1, -0.05) is 19.0 Å². The van der Waals surface area contributed by atoms with Gasteiger partial charge in [0, 0.05) is 37.0 Å². The minimum Gasteiger partial charge on any atom is -0.361 e. The summed E-state index contributed by atoms with van der Waals surface area (Å²) in [5.41, 5.74) is 3.33. The summed E-state index contributed by atoms with van der Waals surface area (Å²) in [6.45, 7) is 7.30. The number of rotatable bonds is 3. The second-order valence-corrected chi connectivity index (χ2v) is 7.21. The van der Waals surface area contributed by atoms with Crippen LogP contribution < -0.4 is 0 Å². The fraction of sp³-hybridized carbons (Fsp3) is 0.474. The van der Waals surface area contributed by atoms with Crippen molar-refractivity contribution in [1.29, 1.82) is 0 Å². The normalized spacial score (nSPS) is 15.9. The molecule has 0 radical (unpaired) electrons. The van der Waals surface area contributed by atoms with Gasteiger partial charge < -0.3 is 9.42 Å². The summed E-state index contributed by atoms with van der Waals surface area (Å²) < 4.78 is 7.04. The smallest absolute Gasteiger partial charge is 0.259 e. The Balaban J connectivity index is 1.48. The second-order valence-electron chi connectivity index (χ2n) is 7.21. The minimum atomic E-state index is 0.0325. The average molecular weight is 353 g/mol. The highest BCUT2D eigenvalue weighted by atomic mass is 16.5. The van der Waals surface area contributed by atoms with Crippen LogP contribution >= 0.6 is 0 Å². The van der Waals surface area contributed by atoms with E-state index in [-0.39, 0.29) is 11.8 Å². The molecule has 0 unspecified atom stereocenters. The molecule has 136 valence electrons. The zero-order valence-corrected chi connectivity index (χ0v) is 15.3. The summed E-state index contributed by atoms with van der Waals surface area (Å²) in [7, 11) is 0. The average Bonchev–Trinajstić information content (AvgIpc) is 3.27. The van der Waals surface area contributed by atoms with Gasteiger partial charge in [-0.05, 0) is 31.7 Å². The van der Waals surface area contributed by atoms with Crippen molar-refractivity contribution < 1.29 is 9.32 Å². The van der Waals surface area contributed by atoms with Gasteiger partial charge in [0.2, 0.25) is 0 Å². The van der Waals surface area contributed by atoms with Crippen molar-refractivity contribution in [3.8, 4) is 0 Å². The maximum absolute atomic E-state index is 13.0. The molecular formula is C19H23N5O2. The Kier molecular flexibility index (Phi) is 4.22. The number of hydrogen-bond donors (Lipinski definition) is 0. The van der Waals surface area contributed by atoms with Crippen molar-refractivity contribution in [2.24, 2.45) is 0 Å². The summed E-state index contributed by atoms with van der Waals surface area (Å²) in [6, 6.07) is 3.94. The number of aryl methyl sites for hydroxylation is 1. The SMILES string of the molecule is Cc1onc(C(C)C)c1C(=O)N1CCC(c2ccn3nccc3n2)CC1. The van der Waals surface area contributed by atoms with Crippen LogP contribution in [0.25, 0.3) is 5.65 Å². The predicted molar refractivity (Wildman–Crippen MR) is 96.2 cm³/mol. The molecule has 1 aliphatic rings. The van der Waals surface area contributed by atoms with E-state index in [1.165, 1.54) is 0 Å². The number of carbonyl (C=O) groups excluding carboxylic acids is 1. The summed E-state index contributed by atoms with van der Waals surface area (Å²) in [4.78, 5) is 19.6. The molecule has 3 aromatic rings. The number of nitrogens with zero attached hydrogens (tertiary/aromatic N) is 5. The van der Waals surface area contributed by atoms with Crippen LogP contribution in [-0.2, 0) is 0 Å². The van der Waals surface area contributed by atoms with Crippen molar-refractivity contribution in [2.45, 2.75) is 45.4 Å². The van der Waals surface area contributed by atoms with Gasteiger partial charge in [-0.3, -0.25) is 4.79 Å².